The van der Waals surface area contributed by atoms with E-state index in [1.165, 1.54) is 12.4 Å². The smallest absolute Gasteiger partial charge is 0.194 e. The molecule has 0 saturated carbocycles. The van der Waals surface area contributed by atoms with Crippen LogP contribution in [0.1, 0.15) is 19.0 Å². The lowest BCUT2D eigenvalue weighted by molar-refractivity contribution is 0.228. The van der Waals surface area contributed by atoms with Gasteiger partial charge in [0.2, 0.25) is 0 Å². The number of hydrogen-bond acceptors (Lipinski definition) is 4. The van der Waals surface area contributed by atoms with Crippen molar-refractivity contribution in [1.82, 2.24) is 14.7 Å². The standard InChI is InChI=1S/C13H13N3O2/c1-3-4-16-8(2)5-9-11(17)6-10-12(13(9)18-16)15-7-14-10/h5-7H,3-4H2,1-2H3. The van der Waals surface area contributed by atoms with Crippen LogP contribution < -0.4 is 5.43 Å². The molecule has 5 nitrogen and oxygen atoms in total. The molecule has 3 aliphatic rings. The summed E-state index contributed by atoms with van der Waals surface area (Å²) in [6.07, 6.45) is 2.41. The summed E-state index contributed by atoms with van der Waals surface area (Å²) >= 11 is 0. The Hall–Kier alpha value is -2.17. The van der Waals surface area contributed by atoms with Crippen LogP contribution in [0.4, 0.5) is 0 Å². The van der Waals surface area contributed by atoms with Gasteiger partial charge in [0.05, 0.1) is 17.5 Å². The third-order valence-corrected chi connectivity index (χ3v) is 2.99. The highest BCUT2D eigenvalue weighted by Crippen LogP contribution is 2.18. The molecule has 0 atom stereocenters. The van der Waals surface area contributed by atoms with Gasteiger partial charge in [-0.15, -0.1) is 0 Å². The minimum absolute atomic E-state index is 0.0755. The quantitative estimate of drug-likeness (QED) is 0.688. The number of fused-ring (bicyclic) bond motifs is 2. The topological polar surface area (TPSA) is 60.9 Å². The van der Waals surface area contributed by atoms with Crippen molar-refractivity contribution in [2.75, 3.05) is 0 Å². The summed E-state index contributed by atoms with van der Waals surface area (Å²) in [5.41, 5.74) is 2.61. The van der Waals surface area contributed by atoms with Crippen LogP contribution in [-0.2, 0) is 6.54 Å². The molecule has 0 aromatic carbocycles. The summed E-state index contributed by atoms with van der Waals surface area (Å²) in [5, 5.41) is 0.563. The predicted molar refractivity (Wildman–Crippen MR) is 65.5 cm³/mol. The number of aromatic nitrogens is 3. The van der Waals surface area contributed by atoms with Crippen molar-refractivity contribution < 1.29 is 4.52 Å². The summed E-state index contributed by atoms with van der Waals surface area (Å²) in [4.78, 5) is 20.2. The maximum Gasteiger partial charge on any atom is 0.194 e. The molecule has 0 saturated heterocycles. The zero-order valence-electron chi connectivity index (χ0n) is 10.3. The molecule has 0 N–H and O–H groups in total. The lowest BCUT2D eigenvalue weighted by Gasteiger charge is -2.09. The molecule has 0 fully saturated rings. The van der Waals surface area contributed by atoms with Crippen LogP contribution in [0.2, 0.25) is 0 Å². The van der Waals surface area contributed by atoms with Gasteiger partial charge < -0.3 is 4.52 Å². The Morgan fingerprint density at radius 2 is 2.17 bits per heavy atom. The molecule has 0 bridgehead atoms. The first kappa shape index (κ1) is 11.0. The van der Waals surface area contributed by atoms with Crippen LogP contribution in [-0.4, -0.2) is 14.7 Å². The Morgan fingerprint density at radius 1 is 1.33 bits per heavy atom. The van der Waals surface area contributed by atoms with E-state index in [0.29, 0.717) is 22.0 Å². The first-order chi connectivity index (χ1) is 8.70. The van der Waals surface area contributed by atoms with E-state index in [9.17, 15) is 4.79 Å². The van der Waals surface area contributed by atoms with Gasteiger partial charge in [0.1, 0.15) is 12.0 Å². The molecule has 18 heavy (non-hydrogen) atoms. The van der Waals surface area contributed by atoms with Gasteiger partial charge >= 0.3 is 0 Å². The molecule has 5 heteroatoms. The average Bonchev–Trinajstić information content (AvgIpc) is 2.79. The number of nitrogens with zero attached hydrogens (tertiary/aromatic N) is 3. The molecule has 0 radical (unpaired) electrons. The first-order valence-corrected chi connectivity index (χ1v) is 5.96. The van der Waals surface area contributed by atoms with Gasteiger partial charge in [-0.05, 0) is 19.4 Å². The van der Waals surface area contributed by atoms with Gasteiger partial charge in [-0.25, -0.2) is 14.7 Å². The number of hydrogen-bond donors (Lipinski definition) is 0. The van der Waals surface area contributed by atoms with Crippen molar-refractivity contribution in [3.05, 3.63) is 45.0 Å². The second-order valence-electron chi connectivity index (χ2n) is 4.34. The molecule has 0 aromatic heterocycles. The lowest BCUT2D eigenvalue weighted by Crippen LogP contribution is -2.10. The van der Waals surface area contributed by atoms with Gasteiger partial charge in [0.15, 0.2) is 10.8 Å². The molecular formula is C13H13N3O2. The molecule has 2 aliphatic heterocycles. The molecule has 1 aliphatic carbocycles. The minimum atomic E-state index is -0.0755. The summed E-state index contributed by atoms with van der Waals surface area (Å²) in [6, 6.07) is 3.36. The van der Waals surface area contributed by atoms with Crippen molar-refractivity contribution in [3.8, 4) is 11.4 Å². The van der Waals surface area contributed by atoms with E-state index >= 15 is 0 Å². The SMILES string of the molecule is CCCn1oc2c3ncnc-3cc(=O)c=2cc1C. The van der Waals surface area contributed by atoms with Crippen molar-refractivity contribution >= 4 is 0 Å². The lowest BCUT2D eigenvalue weighted by atomic mass is 10.2. The van der Waals surface area contributed by atoms with Crippen molar-refractivity contribution in [3.63, 3.8) is 0 Å². The Kier molecular flexibility index (Phi) is 2.40. The molecule has 0 aromatic rings. The van der Waals surface area contributed by atoms with E-state index in [1.54, 1.807) is 4.74 Å². The highest BCUT2D eigenvalue weighted by molar-refractivity contribution is 5.55. The fourth-order valence-electron chi connectivity index (χ4n) is 2.12. The number of aryl methyl sites for hydroxylation is 2. The predicted octanol–water partition coefficient (Wildman–Crippen LogP) is 1.78. The molecule has 3 rings (SSSR count). The maximum atomic E-state index is 12.0. The van der Waals surface area contributed by atoms with Crippen LogP contribution in [0, 0.1) is 17.6 Å². The second-order valence-corrected chi connectivity index (χ2v) is 4.34. The second kappa shape index (κ2) is 3.94. The van der Waals surface area contributed by atoms with E-state index < -0.39 is 0 Å². The Labute approximate surface area is 103 Å². The number of imidazole rings is 1. The molecule has 2 heterocycles. The minimum Gasteiger partial charge on any atom is -0.377 e. The van der Waals surface area contributed by atoms with Crippen LogP contribution in [0.15, 0.2) is 27.8 Å². The van der Waals surface area contributed by atoms with E-state index in [4.69, 9.17) is 4.52 Å². The third kappa shape index (κ3) is 1.51. The first-order valence-electron chi connectivity index (χ1n) is 5.96. The fraction of sp³-hybridized carbons (Fsp3) is 0.308. The van der Waals surface area contributed by atoms with Crippen molar-refractivity contribution in [2.45, 2.75) is 26.8 Å². The molecule has 92 valence electrons. The summed E-state index contributed by atoms with van der Waals surface area (Å²) in [7, 11) is 0. The monoisotopic (exact) mass is 243 g/mol. The summed E-state index contributed by atoms with van der Waals surface area (Å²) in [6.45, 7) is 4.79. The Balaban J connectivity index is 2.48. The van der Waals surface area contributed by atoms with Crippen LogP contribution in [0.25, 0.3) is 11.4 Å². The zero-order valence-corrected chi connectivity index (χ0v) is 10.3. The van der Waals surface area contributed by atoms with E-state index in [1.807, 2.05) is 13.0 Å². The van der Waals surface area contributed by atoms with Crippen LogP contribution in [0.3, 0.4) is 0 Å². The van der Waals surface area contributed by atoms with Gasteiger partial charge in [-0.1, -0.05) is 6.92 Å². The third-order valence-electron chi connectivity index (χ3n) is 2.99. The molecule has 0 amide bonds. The van der Waals surface area contributed by atoms with Gasteiger partial charge in [0, 0.05) is 11.8 Å². The normalized spacial score (nSPS) is 11.4. The maximum absolute atomic E-state index is 12.0. The van der Waals surface area contributed by atoms with Gasteiger partial charge in [-0.3, -0.25) is 4.79 Å². The van der Waals surface area contributed by atoms with E-state index in [2.05, 4.69) is 16.9 Å². The molecule has 0 unspecified atom stereocenters. The largest absolute Gasteiger partial charge is 0.377 e. The molecule has 0 spiro atoms. The average molecular weight is 243 g/mol. The number of rotatable bonds is 2. The Bertz CT molecular complexity index is 787. The summed E-state index contributed by atoms with van der Waals surface area (Å²) in [5.74, 6) is 0. The highest BCUT2D eigenvalue weighted by Gasteiger charge is 2.14. The van der Waals surface area contributed by atoms with Crippen molar-refractivity contribution in [1.29, 1.82) is 0 Å². The van der Waals surface area contributed by atoms with E-state index in [0.717, 1.165) is 18.7 Å². The van der Waals surface area contributed by atoms with E-state index in [-0.39, 0.29) is 5.43 Å². The van der Waals surface area contributed by atoms with Crippen LogP contribution >= 0.6 is 0 Å². The van der Waals surface area contributed by atoms with Crippen LogP contribution in [0.5, 0.6) is 0 Å². The Morgan fingerprint density at radius 3 is 2.94 bits per heavy atom. The highest BCUT2D eigenvalue weighted by atomic mass is 16.5. The zero-order chi connectivity index (χ0) is 12.7. The molecular weight excluding hydrogens is 230 g/mol. The van der Waals surface area contributed by atoms with Crippen molar-refractivity contribution in [2.24, 2.45) is 0 Å². The van der Waals surface area contributed by atoms with Gasteiger partial charge in [0.25, 0.3) is 0 Å². The van der Waals surface area contributed by atoms with Gasteiger partial charge in [-0.2, -0.15) is 0 Å². The summed E-state index contributed by atoms with van der Waals surface area (Å²) < 4.78 is 7.59. The fourth-order valence-corrected chi connectivity index (χ4v) is 2.12.